The van der Waals surface area contributed by atoms with Crippen molar-refractivity contribution in [2.45, 2.75) is 45.6 Å². The molecule has 3 N–H and O–H groups in total. The number of esters is 1. The van der Waals surface area contributed by atoms with Crippen molar-refractivity contribution < 1.29 is 33.8 Å². The van der Waals surface area contributed by atoms with Gasteiger partial charge in [0, 0.05) is 24.2 Å². The molecule has 0 saturated heterocycles. The van der Waals surface area contributed by atoms with Crippen molar-refractivity contribution in [3.8, 4) is 11.1 Å². The van der Waals surface area contributed by atoms with Crippen LogP contribution in [0.4, 0.5) is 0 Å². The number of ether oxygens (including phenoxy) is 1. The highest BCUT2D eigenvalue weighted by atomic mass is 16.5. The van der Waals surface area contributed by atoms with Gasteiger partial charge >= 0.3 is 11.9 Å². The molecule has 1 aliphatic rings. The smallest absolute Gasteiger partial charge is 0.322 e. The Morgan fingerprint density at radius 1 is 0.838 bits per heavy atom. The second-order valence-electron chi connectivity index (χ2n) is 9.43. The van der Waals surface area contributed by atoms with Gasteiger partial charge in [-0.25, -0.2) is 0 Å². The molecule has 0 radical (unpaired) electrons. The Balaban J connectivity index is 1.47. The number of Topliss-reactive ketones (excluding diaryl/α,β-unsaturated/α-hetero) is 1. The van der Waals surface area contributed by atoms with Crippen LogP contribution in [-0.4, -0.2) is 53.8 Å². The van der Waals surface area contributed by atoms with Crippen molar-refractivity contribution in [3.05, 3.63) is 59.7 Å². The van der Waals surface area contributed by atoms with E-state index in [1.165, 1.54) is 13.8 Å². The average Bonchev–Trinajstić information content (AvgIpc) is 3.19. The van der Waals surface area contributed by atoms with Gasteiger partial charge in [-0.1, -0.05) is 62.4 Å². The van der Waals surface area contributed by atoms with E-state index in [9.17, 15) is 24.0 Å². The molecule has 9 nitrogen and oxygen atoms in total. The van der Waals surface area contributed by atoms with Gasteiger partial charge in [0.1, 0.15) is 13.2 Å². The molecule has 0 spiro atoms. The molecule has 3 rings (SSSR count). The number of hydrogen-bond donors (Lipinski definition) is 3. The van der Waals surface area contributed by atoms with Gasteiger partial charge in [0.2, 0.25) is 11.8 Å². The molecule has 0 aromatic heterocycles. The standard InChI is InChI=1S/C28H32N2O7/c1-16(27(35)29-14-25(32)33)12-24(31)18(3)30-28(36)17(2)13-26(34)37-15-23-21-10-6-4-8-19(21)20-9-5-7-11-22(20)23/h4-11,16-18,23H,12-15H2,1-3H3,(H,29,35)(H,30,36)(H,32,33)/t16-,17-,18+/m1/s1. The summed E-state index contributed by atoms with van der Waals surface area (Å²) in [6.07, 6.45) is -0.301. The van der Waals surface area contributed by atoms with Crippen LogP contribution in [-0.2, 0) is 28.7 Å². The van der Waals surface area contributed by atoms with E-state index < -0.39 is 48.2 Å². The summed E-state index contributed by atoms with van der Waals surface area (Å²) < 4.78 is 5.56. The summed E-state index contributed by atoms with van der Waals surface area (Å²) in [4.78, 5) is 60.0. The third kappa shape index (κ3) is 7.03. The molecule has 0 saturated carbocycles. The van der Waals surface area contributed by atoms with Gasteiger partial charge in [0.15, 0.2) is 5.78 Å². The van der Waals surface area contributed by atoms with Crippen molar-refractivity contribution in [1.29, 1.82) is 0 Å². The third-order valence-corrected chi connectivity index (χ3v) is 6.50. The summed E-state index contributed by atoms with van der Waals surface area (Å²) in [6.45, 7) is 4.22. The Kier molecular flexibility index (Phi) is 9.16. The lowest BCUT2D eigenvalue weighted by atomic mass is 9.98. The monoisotopic (exact) mass is 508 g/mol. The number of carboxylic acid groups (broad SMARTS) is 1. The Morgan fingerprint density at radius 3 is 1.95 bits per heavy atom. The molecule has 2 amide bonds. The summed E-state index contributed by atoms with van der Waals surface area (Å²) >= 11 is 0. The summed E-state index contributed by atoms with van der Waals surface area (Å²) in [7, 11) is 0. The Morgan fingerprint density at radius 2 is 1.38 bits per heavy atom. The molecule has 37 heavy (non-hydrogen) atoms. The number of carboxylic acids is 1. The number of amides is 2. The summed E-state index contributed by atoms with van der Waals surface area (Å²) in [6, 6.07) is 15.2. The van der Waals surface area contributed by atoms with Crippen LogP contribution in [0.1, 0.15) is 50.7 Å². The summed E-state index contributed by atoms with van der Waals surface area (Å²) in [5.74, 6) is -4.64. The molecule has 196 valence electrons. The molecule has 0 fully saturated rings. The van der Waals surface area contributed by atoms with Crippen LogP contribution in [0.15, 0.2) is 48.5 Å². The minimum absolute atomic E-state index is 0.0761. The zero-order chi connectivity index (χ0) is 27.1. The molecular formula is C28H32N2O7. The number of fused-ring (bicyclic) bond motifs is 3. The van der Waals surface area contributed by atoms with Gasteiger partial charge in [-0.2, -0.15) is 0 Å². The second kappa shape index (κ2) is 12.3. The van der Waals surface area contributed by atoms with E-state index in [2.05, 4.69) is 10.6 Å². The maximum atomic E-state index is 12.6. The number of carbonyl (C=O) groups is 5. The zero-order valence-electron chi connectivity index (χ0n) is 21.2. The first-order chi connectivity index (χ1) is 17.6. The number of rotatable bonds is 12. The van der Waals surface area contributed by atoms with E-state index in [-0.39, 0.29) is 31.1 Å². The van der Waals surface area contributed by atoms with Gasteiger partial charge in [-0.15, -0.1) is 0 Å². The predicted octanol–water partition coefficient (Wildman–Crippen LogP) is 2.67. The summed E-state index contributed by atoms with van der Waals surface area (Å²) in [5.41, 5.74) is 4.44. The predicted molar refractivity (Wildman–Crippen MR) is 135 cm³/mol. The Hall–Kier alpha value is -4.01. The van der Waals surface area contributed by atoms with Crippen LogP contribution in [0.3, 0.4) is 0 Å². The SMILES string of the molecule is C[C@H](CC(=O)[C@H](C)NC(=O)[C@H](C)CC(=O)OCC1c2ccccc2-c2ccccc21)C(=O)NCC(=O)O. The number of nitrogens with one attached hydrogen (secondary N) is 2. The van der Waals surface area contributed by atoms with Crippen molar-refractivity contribution in [2.24, 2.45) is 11.8 Å². The van der Waals surface area contributed by atoms with Crippen molar-refractivity contribution in [2.75, 3.05) is 13.2 Å². The van der Waals surface area contributed by atoms with Gasteiger partial charge < -0.3 is 20.5 Å². The fourth-order valence-corrected chi connectivity index (χ4v) is 4.36. The van der Waals surface area contributed by atoms with Crippen LogP contribution < -0.4 is 10.6 Å². The van der Waals surface area contributed by atoms with Gasteiger partial charge in [-0.3, -0.25) is 24.0 Å². The van der Waals surface area contributed by atoms with E-state index in [4.69, 9.17) is 9.84 Å². The maximum absolute atomic E-state index is 12.6. The fraction of sp³-hybridized carbons (Fsp3) is 0.393. The fourth-order valence-electron chi connectivity index (χ4n) is 4.36. The third-order valence-electron chi connectivity index (χ3n) is 6.50. The number of ketones is 1. The molecule has 0 bridgehead atoms. The van der Waals surface area contributed by atoms with Crippen LogP contribution in [0, 0.1) is 11.8 Å². The number of carbonyl (C=O) groups excluding carboxylic acids is 4. The largest absolute Gasteiger partial charge is 0.480 e. The first kappa shape index (κ1) is 27.6. The summed E-state index contributed by atoms with van der Waals surface area (Å²) in [5, 5.41) is 13.4. The minimum Gasteiger partial charge on any atom is -0.480 e. The lowest BCUT2D eigenvalue weighted by Gasteiger charge is -2.19. The minimum atomic E-state index is -1.18. The van der Waals surface area contributed by atoms with E-state index >= 15 is 0 Å². The second-order valence-corrected chi connectivity index (χ2v) is 9.43. The molecule has 3 atom stereocenters. The van der Waals surface area contributed by atoms with Crippen LogP contribution >= 0.6 is 0 Å². The molecule has 0 heterocycles. The first-order valence-corrected chi connectivity index (χ1v) is 12.2. The van der Waals surface area contributed by atoms with Gasteiger partial charge in [0.05, 0.1) is 12.5 Å². The van der Waals surface area contributed by atoms with E-state index in [0.717, 1.165) is 22.3 Å². The van der Waals surface area contributed by atoms with Crippen LogP contribution in [0.25, 0.3) is 11.1 Å². The van der Waals surface area contributed by atoms with Crippen molar-refractivity contribution >= 4 is 29.5 Å². The Labute approximate surface area is 215 Å². The average molecular weight is 509 g/mol. The molecule has 1 aliphatic carbocycles. The van der Waals surface area contributed by atoms with E-state index in [1.807, 2.05) is 48.5 Å². The molecule has 2 aromatic carbocycles. The zero-order valence-corrected chi connectivity index (χ0v) is 21.2. The molecule has 2 aromatic rings. The van der Waals surface area contributed by atoms with Crippen molar-refractivity contribution in [1.82, 2.24) is 10.6 Å². The molecular weight excluding hydrogens is 476 g/mol. The van der Waals surface area contributed by atoms with Gasteiger partial charge in [0.25, 0.3) is 0 Å². The lowest BCUT2D eigenvalue weighted by Crippen LogP contribution is -2.43. The van der Waals surface area contributed by atoms with Crippen LogP contribution in [0.2, 0.25) is 0 Å². The number of aliphatic carboxylic acids is 1. The molecule has 0 aliphatic heterocycles. The highest BCUT2D eigenvalue weighted by molar-refractivity contribution is 5.93. The number of hydrogen-bond acceptors (Lipinski definition) is 6. The molecule has 9 heteroatoms. The first-order valence-electron chi connectivity index (χ1n) is 12.2. The number of benzene rings is 2. The lowest BCUT2D eigenvalue weighted by molar-refractivity contribution is -0.147. The molecule has 0 unspecified atom stereocenters. The van der Waals surface area contributed by atoms with Gasteiger partial charge in [-0.05, 0) is 29.2 Å². The topological polar surface area (TPSA) is 139 Å². The maximum Gasteiger partial charge on any atom is 0.322 e. The van der Waals surface area contributed by atoms with E-state index in [0.29, 0.717) is 0 Å². The van der Waals surface area contributed by atoms with Crippen LogP contribution in [0.5, 0.6) is 0 Å². The highest BCUT2D eigenvalue weighted by Gasteiger charge is 2.30. The quantitative estimate of drug-likeness (QED) is 0.375. The van der Waals surface area contributed by atoms with E-state index in [1.54, 1.807) is 6.92 Å². The van der Waals surface area contributed by atoms with Crippen molar-refractivity contribution in [3.63, 3.8) is 0 Å². The highest BCUT2D eigenvalue weighted by Crippen LogP contribution is 2.44. The Bertz CT molecular complexity index is 1150. The normalized spacial score (nSPS) is 14.5.